The van der Waals surface area contributed by atoms with Gasteiger partial charge in [0.1, 0.15) is 0 Å². The van der Waals surface area contributed by atoms with E-state index in [-0.39, 0.29) is 0 Å². The fraction of sp³-hybridized carbons (Fsp3) is 1.00. The van der Waals surface area contributed by atoms with E-state index in [9.17, 15) is 0 Å². The Bertz CT molecular complexity index is 123. The van der Waals surface area contributed by atoms with Crippen molar-refractivity contribution in [3.05, 3.63) is 0 Å². The first-order valence-electron chi connectivity index (χ1n) is 4.79. The van der Waals surface area contributed by atoms with Crippen LogP contribution in [0.2, 0.25) is 0 Å². The molecular formula is C10H21N. The second-order valence-corrected chi connectivity index (χ2v) is 4.65. The van der Waals surface area contributed by atoms with E-state index >= 15 is 0 Å². The molecule has 0 radical (unpaired) electrons. The third-order valence-corrected chi connectivity index (χ3v) is 2.77. The maximum absolute atomic E-state index is 2.61. The number of nitrogens with zero attached hydrogens (tertiary/aromatic N) is 1. The average Bonchev–Trinajstić information content (AvgIpc) is 2.31. The van der Waals surface area contributed by atoms with E-state index in [1.54, 1.807) is 0 Å². The lowest BCUT2D eigenvalue weighted by atomic mass is 9.85. The molecule has 1 aliphatic rings. The summed E-state index contributed by atoms with van der Waals surface area (Å²) >= 11 is 0. The minimum atomic E-state index is 0.479. The summed E-state index contributed by atoms with van der Waals surface area (Å²) in [6.07, 6.45) is 2.80. The Balaban J connectivity index is 2.57. The highest BCUT2D eigenvalue weighted by Crippen LogP contribution is 2.31. The molecule has 0 spiro atoms. The van der Waals surface area contributed by atoms with Gasteiger partial charge in [-0.2, -0.15) is 0 Å². The predicted molar refractivity (Wildman–Crippen MR) is 49.7 cm³/mol. The van der Waals surface area contributed by atoms with E-state index in [4.69, 9.17) is 0 Å². The summed E-state index contributed by atoms with van der Waals surface area (Å²) in [4.78, 5) is 2.61. The standard InChI is InChI=1S/C10H21N/c1-5-11-8-6-7-9(11)10(2,3)4/h9H,5-8H2,1-4H3. The van der Waals surface area contributed by atoms with Crippen LogP contribution in [0, 0.1) is 5.41 Å². The molecule has 0 saturated carbocycles. The number of rotatable bonds is 1. The molecule has 1 fully saturated rings. The largest absolute Gasteiger partial charge is 0.300 e. The van der Waals surface area contributed by atoms with Crippen LogP contribution in [-0.4, -0.2) is 24.0 Å². The molecule has 1 saturated heterocycles. The van der Waals surface area contributed by atoms with Gasteiger partial charge < -0.3 is 4.90 Å². The molecule has 66 valence electrons. The summed E-state index contributed by atoms with van der Waals surface area (Å²) in [6, 6.07) is 0.826. The lowest BCUT2D eigenvalue weighted by molar-refractivity contribution is 0.147. The van der Waals surface area contributed by atoms with Crippen molar-refractivity contribution in [2.75, 3.05) is 13.1 Å². The fourth-order valence-corrected chi connectivity index (χ4v) is 2.19. The Hall–Kier alpha value is -0.0400. The first-order chi connectivity index (χ1) is 5.05. The third kappa shape index (κ3) is 1.96. The second-order valence-electron chi connectivity index (χ2n) is 4.65. The van der Waals surface area contributed by atoms with E-state index in [2.05, 4.69) is 32.6 Å². The molecule has 0 amide bonds. The van der Waals surface area contributed by atoms with Crippen LogP contribution >= 0.6 is 0 Å². The highest BCUT2D eigenvalue weighted by molar-refractivity contribution is 4.87. The summed E-state index contributed by atoms with van der Waals surface area (Å²) in [5.74, 6) is 0. The average molecular weight is 155 g/mol. The molecule has 0 aliphatic carbocycles. The van der Waals surface area contributed by atoms with Crippen LogP contribution in [0.5, 0.6) is 0 Å². The number of hydrogen-bond acceptors (Lipinski definition) is 1. The molecular weight excluding hydrogens is 134 g/mol. The van der Waals surface area contributed by atoms with Crippen LogP contribution in [0.3, 0.4) is 0 Å². The van der Waals surface area contributed by atoms with Crippen LogP contribution in [0.4, 0.5) is 0 Å². The molecule has 1 nitrogen and oxygen atoms in total. The summed E-state index contributed by atoms with van der Waals surface area (Å²) < 4.78 is 0. The molecule has 1 aliphatic heterocycles. The summed E-state index contributed by atoms with van der Waals surface area (Å²) in [7, 11) is 0. The van der Waals surface area contributed by atoms with E-state index in [0.29, 0.717) is 5.41 Å². The summed E-state index contributed by atoms with van der Waals surface area (Å²) in [5.41, 5.74) is 0.479. The molecule has 1 heterocycles. The Morgan fingerprint density at radius 1 is 1.36 bits per heavy atom. The van der Waals surface area contributed by atoms with Gasteiger partial charge in [0.05, 0.1) is 0 Å². The monoisotopic (exact) mass is 155 g/mol. The first kappa shape index (κ1) is 9.05. The Morgan fingerprint density at radius 3 is 2.36 bits per heavy atom. The van der Waals surface area contributed by atoms with Gasteiger partial charge in [0, 0.05) is 6.04 Å². The van der Waals surface area contributed by atoms with Gasteiger partial charge in [-0.05, 0) is 31.3 Å². The highest BCUT2D eigenvalue weighted by Gasteiger charge is 2.32. The van der Waals surface area contributed by atoms with E-state index in [0.717, 1.165) is 6.04 Å². The normalized spacial score (nSPS) is 27.8. The van der Waals surface area contributed by atoms with Crippen molar-refractivity contribution in [2.45, 2.75) is 46.6 Å². The molecule has 1 heteroatoms. The van der Waals surface area contributed by atoms with Crippen molar-refractivity contribution in [1.29, 1.82) is 0 Å². The van der Waals surface area contributed by atoms with Gasteiger partial charge in [0.25, 0.3) is 0 Å². The number of likely N-dealkylation sites (tertiary alicyclic amines) is 1. The Morgan fingerprint density at radius 2 is 2.00 bits per heavy atom. The topological polar surface area (TPSA) is 3.24 Å². The molecule has 11 heavy (non-hydrogen) atoms. The molecule has 0 bridgehead atoms. The van der Waals surface area contributed by atoms with Crippen molar-refractivity contribution >= 4 is 0 Å². The van der Waals surface area contributed by atoms with Crippen molar-refractivity contribution in [3.63, 3.8) is 0 Å². The Labute approximate surface area is 70.8 Å². The predicted octanol–water partition coefficient (Wildman–Crippen LogP) is 2.52. The van der Waals surface area contributed by atoms with Gasteiger partial charge in [0.2, 0.25) is 0 Å². The van der Waals surface area contributed by atoms with E-state index in [1.165, 1.54) is 25.9 Å². The van der Waals surface area contributed by atoms with Gasteiger partial charge in [-0.1, -0.05) is 27.7 Å². The van der Waals surface area contributed by atoms with E-state index in [1.807, 2.05) is 0 Å². The van der Waals surface area contributed by atoms with Crippen molar-refractivity contribution < 1.29 is 0 Å². The second kappa shape index (κ2) is 3.14. The number of hydrogen-bond donors (Lipinski definition) is 0. The zero-order chi connectivity index (χ0) is 8.48. The minimum absolute atomic E-state index is 0.479. The zero-order valence-corrected chi connectivity index (χ0v) is 8.35. The van der Waals surface area contributed by atoms with Gasteiger partial charge >= 0.3 is 0 Å². The lowest BCUT2D eigenvalue weighted by Gasteiger charge is -2.34. The molecule has 1 atom stereocenters. The molecule has 0 aromatic rings. The summed E-state index contributed by atoms with van der Waals surface area (Å²) in [5, 5.41) is 0. The molecule has 0 N–H and O–H groups in total. The molecule has 0 aromatic heterocycles. The SMILES string of the molecule is CCN1CCCC1C(C)(C)C. The van der Waals surface area contributed by atoms with Crippen molar-refractivity contribution in [3.8, 4) is 0 Å². The zero-order valence-electron chi connectivity index (χ0n) is 8.35. The van der Waals surface area contributed by atoms with Crippen LogP contribution in [0.1, 0.15) is 40.5 Å². The molecule has 1 rings (SSSR count). The van der Waals surface area contributed by atoms with E-state index < -0.39 is 0 Å². The van der Waals surface area contributed by atoms with Gasteiger partial charge in [-0.15, -0.1) is 0 Å². The molecule has 1 unspecified atom stereocenters. The van der Waals surface area contributed by atoms with Crippen LogP contribution in [0.15, 0.2) is 0 Å². The maximum atomic E-state index is 2.61. The maximum Gasteiger partial charge on any atom is 0.0144 e. The van der Waals surface area contributed by atoms with Crippen LogP contribution in [-0.2, 0) is 0 Å². The van der Waals surface area contributed by atoms with Crippen molar-refractivity contribution in [1.82, 2.24) is 4.90 Å². The molecule has 0 aromatic carbocycles. The van der Waals surface area contributed by atoms with Gasteiger partial charge in [-0.25, -0.2) is 0 Å². The minimum Gasteiger partial charge on any atom is -0.300 e. The summed E-state index contributed by atoms with van der Waals surface area (Å²) in [6.45, 7) is 11.9. The van der Waals surface area contributed by atoms with Crippen molar-refractivity contribution in [2.24, 2.45) is 5.41 Å². The highest BCUT2D eigenvalue weighted by atomic mass is 15.2. The lowest BCUT2D eigenvalue weighted by Crippen LogP contribution is -2.39. The fourth-order valence-electron chi connectivity index (χ4n) is 2.19. The Kier molecular flexibility index (Phi) is 2.58. The third-order valence-electron chi connectivity index (χ3n) is 2.77. The van der Waals surface area contributed by atoms with Gasteiger partial charge in [0.15, 0.2) is 0 Å². The van der Waals surface area contributed by atoms with Crippen LogP contribution in [0.25, 0.3) is 0 Å². The quantitative estimate of drug-likeness (QED) is 0.562. The smallest absolute Gasteiger partial charge is 0.0144 e. The first-order valence-corrected chi connectivity index (χ1v) is 4.79. The van der Waals surface area contributed by atoms with Gasteiger partial charge in [-0.3, -0.25) is 0 Å². The van der Waals surface area contributed by atoms with Crippen LogP contribution < -0.4 is 0 Å².